The standard InChI is InChI=1S/C22H24N4O2/c1-15-6-9-18(21-25-24-20-5-3-2-4-12-26(20)21)13-19(15)23-14-16-7-10-17(11-8-16)22(27)28/h6-11,13,23H,2-5,12,14H2,1H3,(H,27,28). The van der Waals surface area contributed by atoms with Gasteiger partial charge in [0.1, 0.15) is 5.82 Å². The van der Waals surface area contributed by atoms with Gasteiger partial charge in [0.05, 0.1) is 5.56 Å². The van der Waals surface area contributed by atoms with Crippen LogP contribution in [-0.2, 0) is 19.5 Å². The molecule has 6 nitrogen and oxygen atoms in total. The van der Waals surface area contributed by atoms with Gasteiger partial charge < -0.3 is 15.0 Å². The van der Waals surface area contributed by atoms with E-state index in [1.54, 1.807) is 12.1 Å². The second-order valence-electron chi connectivity index (χ2n) is 7.29. The smallest absolute Gasteiger partial charge is 0.335 e. The van der Waals surface area contributed by atoms with Crippen LogP contribution >= 0.6 is 0 Å². The molecule has 0 bridgehead atoms. The van der Waals surface area contributed by atoms with Crippen LogP contribution in [0, 0.1) is 6.92 Å². The van der Waals surface area contributed by atoms with Crippen LogP contribution in [0.3, 0.4) is 0 Å². The number of anilines is 1. The van der Waals surface area contributed by atoms with Crippen LogP contribution in [0.15, 0.2) is 42.5 Å². The van der Waals surface area contributed by atoms with Crippen LogP contribution in [-0.4, -0.2) is 25.8 Å². The van der Waals surface area contributed by atoms with Gasteiger partial charge in [0.25, 0.3) is 0 Å². The van der Waals surface area contributed by atoms with Gasteiger partial charge in [-0.1, -0.05) is 30.7 Å². The second kappa shape index (κ2) is 7.84. The lowest BCUT2D eigenvalue weighted by molar-refractivity contribution is 0.0697. The largest absolute Gasteiger partial charge is 0.478 e. The lowest BCUT2D eigenvalue weighted by Gasteiger charge is -2.13. The van der Waals surface area contributed by atoms with Crippen molar-refractivity contribution in [2.45, 2.75) is 45.7 Å². The van der Waals surface area contributed by atoms with Gasteiger partial charge >= 0.3 is 5.97 Å². The summed E-state index contributed by atoms with van der Waals surface area (Å²) in [5.74, 6) is 1.11. The first-order chi connectivity index (χ1) is 13.6. The Morgan fingerprint density at radius 1 is 1.11 bits per heavy atom. The van der Waals surface area contributed by atoms with E-state index in [9.17, 15) is 4.79 Å². The molecule has 144 valence electrons. The van der Waals surface area contributed by atoms with Gasteiger partial charge in [0, 0.05) is 30.8 Å². The molecule has 2 N–H and O–H groups in total. The number of aromatic nitrogens is 3. The van der Waals surface area contributed by atoms with Crippen LogP contribution in [0.4, 0.5) is 5.69 Å². The first kappa shape index (κ1) is 18.2. The summed E-state index contributed by atoms with van der Waals surface area (Å²) in [4.78, 5) is 11.0. The molecule has 0 radical (unpaired) electrons. The summed E-state index contributed by atoms with van der Waals surface area (Å²) in [5, 5.41) is 21.3. The summed E-state index contributed by atoms with van der Waals surface area (Å²) < 4.78 is 2.26. The van der Waals surface area contributed by atoms with Gasteiger partial charge in [0.2, 0.25) is 0 Å². The van der Waals surface area contributed by atoms with E-state index in [0.29, 0.717) is 12.1 Å². The average Bonchev–Trinajstić information content (AvgIpc) is 2.96. The van der Waals surface area contributed by atoms with Crippen molar-refractivity contribution in [2.75, 3.05) is 5.32 Å². The first-order valence-electron chi connectivity index (χ1n) is 9.71. The zero-order chi connectivity index (χ0) is 19.5. The Balaban J connectivity index is 1.54. The molecule has 0 unspecified atom stereocenters. The van der Waals surface area contributed by atoms with Gasteiger partial charge in [-0.25, -0.2) is 4.79 Å². The summed E-state index contributed by atoms with van der Waals surface area (Å²) in [6.45, 7) is 3.68. The Labute approximate surface area is 164 Å². The molecule has 28 heavy (non-hydrogen) atoms. The Kier molecular flexibility index (Phi) is 5.10. The minimum absolute atomic E-state index is 0.300. The number of hydrogen-bond acceptors (Lipinski definition) is 4. The molecule has 1 aromatic heterocycles. The molecule has 0 atom stereocenters. The van der Waals surface area contributed by atoms with Crippen molar-refractivity contribution >= 4 is 11.7 Å². The van der Waals surface area contributed by atoms with Crippen LogP contribution in [0.1, 0.15) is 46.6 Å². The fraction of sp³-hybridized carbons (Fsp3) is 0.318. The summed E-state index contributed by atoms with van der Waals surface area (Å²) in [6.07, 6.45) is 4.58. The number of carboxylic acids is 1. The maximum atomic E-state index is 11.0. The second-order valence-corrected chi connectivity index (χ2v) is 7.29. The third-order valence-corrected chi connectivity index (χ3v) is 5.29. The van der Waals surface area contributed by atoms with E-state index in [4.69, 9.17) is 5.11 Å². The monoisotopic (exact) mass is 376 g/mol. The van der Waals surface area contributed by atoms with Crippen LogP contribution < -0.4 is 5.32 Å². The van der Waals surface area contributed by atoms with Gasteiger partial charge in [-0.05, 0) is 49.1 Å². The van der Waals surface area contributed by atoms with E-state index in [1.165, 1.54) is 19.3 Å². The van der Waals surface area contributed by atoms with Gasteiger partial charge in [-0.15, -0.1) is 10.2 Å². The normalized spacial score (nSPS) is 13.6. The molecule has 0 fully saturated rings. The number of aromatic carboxylic acids is 1. The fourth-order valence-electron chi connectivity index (χ4n) is 3.61. The molecular weight excluding hydrogens is 352 g/mol. The van der Waals surface area contributed by atoms with E-state index < -0.39 is 5.97 Å². The fourth-order valence-corrected chi connectivity index (χ4v) is 3.61. The van der Waals surface area contributed by atoms with Gasteiger partial charge in [-0.3, -0.25) is 0 Å². The van der Waals surface area contributed by atoms with Crippen LogP contribution in [0.5, 0.6) is 0 Å². The molecule has 1 aliphatic rings. The molecule has 0 spiro atoms. The van der Waals surface area contributed by atoms with Crippen molar-refractivity contribution in [3.8, 4) is 11.4 Å². The van der Waals surface area contributed by atoms with E-state index >= 15 is 0 Å². The van der Waals surface area contributed by atoms with Crippen molar-refractivity contribution < 1.29 is 9.90 Å². The lowest BCUT2D eigenvalue weighted by atomic mass is 10.1. The first-order valence-corrected chi connectivity index (χ1v) is 9.71. The predicted molar refractivity (Wildman–Crippen MR) is 108 cm³/mol. The molecule has 2 heterocycles. The molecule has 0 aliphatic carbocycles. The number of rotatable bonds is 5. The minimum Gasteiger partial charge on any atom is -0.478 e. The van der Waals surface area contributed by atoms with E-state index in [-0.39, 0.29) is 0 Å². The number of fused-ring (bicyclic) bond motifs is 1. The highest BCUT2D eigenvalue weighted by Gasteiger charge is 2.16. The third kappa shape index (κ3) is 3.76. The maximum Gasteiger partial charge on any atom is 0.335 e. The molecule has 6 heteroatoms. The number of aryl methyl sites for hydroxylation is 2. The zero-order valence-corrected chi connectivity index (χ0v) is 16.0. The molecule has 0 saturated carbocycles. The SMILES string of the molecule is Cc1ccc(-c2nnc3n2CCCCC3)cc1NCc1ccc(C(=O)O)cc1. The Morgan fingerprint density at radius 2 is 1.93 bits per heavy atom. The molecule has 0 saturated heterocycles. The van der Waals surface area contributed by atoms with Gasteiger partial charge in [-0.2, -0.15) is 0 Å². The number of carboxylic acid groups (broad SMARTS) is 1. The quantitative estimate of drug-likeness (QED) is 0.694. The molecule has 1 aliphatic heterocycles. The predicted octanol–water partition coefficient (Wildman–Crippen LogP) is 4.29. The summed E-state index contributed by atoms with van der Waals surface area (Å²) in [6, 6.07) is 13.3. The van der Waals surface area contributed by atoms with Crippen molar-refractivity contribution in [3.63, 3.8) is 0 Å². The Hall–Kier alpha value is -3.15. The van der Waals surface area contributed by atoms with E-state index in [2.05, 4.69) is 45.2 Å². The van der Waals surface area contributed by atoms with Crippen LogP contribution in [0.25, 0.3) is 11.4 Å². The third-order valence-electron chi connectivity index (χ3n) is 5.29. The summed E-state index contributed by atoms with van der Waals surface area (Å²) in [7, 11) is 0. The number of nitrogens with one attached hydrogen (secondary N) is 1. The van der Waals surface area contributed by atoms with Crippen molar-refractivity contribution in [2.24, 2.45) is 0 Å². The van der Waals surface area contributed by atoms with Crippen molar-refractivity contribution in [1.29, 1.82) is 0 Å². The number of benzene rings is 2. The molecular formula is C22H24N4O2. The lowest BCUT2D eigenvalue weighted by Crippen LogP contribution is -2.05. The molecule has 4 rings (SSSR count). The van der Waals surface area contributed by atoms with Crippen LogP contribution in [0.2, 0.25) is 0 Å². The highest BCUT2D eigenvalue weighted by Crippen LogP contribution is 2.27. The van der Waals surface area contributed by atoms with Crippen molar-refractivity contribution in [3.05, 3.63) is 65.0 Å². The number of hydrogen-bond donors (Lipinski definition) is 2. The molecule has 2 aromatic carbocycles. The number of carbonyl (C=O) groups is 1. The average molecular weight is 376 g/mol. The Bertz CT molecular complexity index is 992. The van der Waals surface area contributed by atoms with Gasteiger partial charge in [0.15, 0.2) is 5.82 Å². The van der Waals surface area contributed by atoms with E-state index in [1.807, 2.05) is 12.1 Å². The summed E-state index contributed by atoms with van der Waals surface area (Å²) in [5.41, 5.74) is 4.60. The molecule has 0 amide bonds. The van der Waals surface area contributed by atoms with Crippen molar-refractivity contribution in [1.82, 2.24) is 14.8 Å². The highest BCUT2D eigenvalue weighted by atomic mass is 16.4. The number of nitrogens with zero attached hydrogens (tertiary/aromatic N) is 3. The topological polar surface area (TPSA) is 80.0 Å². The van der Waals surface area contributed by atoms with E-state index in [0.717, 1.165) is 47.0 Å². The highest BCUT2D eigenvalue weighted by molar-refractivity contribution is 5.87. The molecule has 3 aromatic rings. The Morgan fingerprint density at radius 3 is 2.71 bits per heavy atom. The summed E-state index contributed by atoms with van der Waals surface area (Å²) >= 11 is 0. The zero-order valence-electron chi connectivity index (χ0n) is 16.0. The minimum atomic E-state index is -0.907. The maximum absolute atomic E-state index is 11.0.